The van der Waals surface area contributed by atoms with Crippen LogP contribution in [0.15, 0.2) is 15.2 Å². The van der Waals surface area contributed by atoms with E-state index in [4.69, 9.17) is 13.7 Å². The predicted molar refractivity (Wildman–Crippen MR) is 42.9 cm³/mol. The van der Waals surface area contributed by atoms with Crippen molar-refractivity contribution in [1.29, 1.82) is 0 Å². The molecule has 0 aliphatic rings. The molecule has 0 saturated heterocycles. The van der Waals surface area contributed by atoms with Crippen LogP contribution in [0.1, 0.15) is 40.0 Å². The monoisotopic (exact) mass is 213 g/mol. The normalized spacial score (nSPS) is 30.5. The quantitative estimate of drug-likeness (QED) is 0.663. The van der Waals surface area contributed by atoms with E-state index in [0.717, 1.165) is 0 Å². The Morgan fingerprint density at radius 2 is 2.50 bits per heavy atom. The van der Waals surface area contributed by atoms with Crippen molar-refractivity contribution < 1.29 is 18.2 Å². The summed E-state index contributed by atoms with van der Waals surface area (Å²) in [6.45, 7) is -10.4. The lowest BCUT2D eigenvalue weighted by Gasteiger charge is -2.11. The van der Waals surface area contributed by atoms with E-state index in [-0.39, 0.29) is 4.60 Å². The van der Waals surface area contributed by atoms with Gasteiger partial charge in [-0.05, 0) is 15.9 Å². The summed E-state index contributed by atoms with van der Waals surface area (Å²) in [5, 5.41) is 3.23. The molecule has 0 radical (unpaired) electrons. The Morgan fingerprint density at radius 3 is 2.90 bits per heavy atom. The SMILES string of the molecule is [2H]c1c(Br)noc1C(C([2H])([2H])[2H])(C([2H])([2H])[2H])C([2H])([2H])[2H]. The molecule has 56 valence electrons. The van der Waals surface area contributed by atoms with Crippen LogP contribution in [0, 0.1) is 0 Å². The third kappa shape index (κ3) is 1.59. The molecule has 0 aliphatic carbocycles. The average molecular weight is 214 g/mol. The maximum Gasteiger partial charge on any atom is 0.149 e. The molecule has 0 unspecified atom stereocenters. The Kier molecular flexibility index (Phi) is 0.449. The molecule has 0 bridgehead atoms. The second kappa shape index (κ2) is 2.38. The molecule has 0 aliphatic heterocycles. The number of nitrogens with zero attached hydrogens (tertiary/aromatic N) is 1. The van der Waals surface area contributed by atoms with E-state index in [2.05, 4.69) is 25.6 Å². The Bertz CT molecular complexity index is 461. The molecule has 0 N–H and O–H groups in total. The average Bonchev–Trinajstić information content (AvgIpc) is 2.43. The van der Waals surface area contributed by atoms with Crippen molar-refractivity contribution in [2.75, 3.05) is 0 Å². The highest BCUT2D eigenvalue weighted by Crippen LogP contribution is 2.24. The largest absolute Gasteiger partial charge is 0.360 e. The maximum absolute atomic E-state index is 7.62. The lowest BCUT2D eigenvalue weighted by molar-refractivity contribution is 0.327. The van der Waals surface area contributed by atoms with Crippen molar-refractivity contribution in [1.82, 2.24) is 5.16 Å². The van der Waals surface area contributed by atoms with E-state index in [1.54, 1.807) is 0 Å². The van der Waals surface area contributed by atoms with Gasteiger partial charge in [-0.2, -0.15) is 0 Å². The zero-order valence-electron chi connectivity index (χ0n) is 14.7. The minimum Gasteiger partial charge on any atom is -0.360 e. The van der Waals surface area contributed by atoms with Crippen LogP contribution in [-0.4, -0.2) is 5.16 Å². The van der Waals surface area contributed by atoms with Crippen LogP contribution >= 0.6 is 15.9 Å². The molecule has 1 heterocycles. The first-order valence-electron chi connectivity index (χ1n) is 7.30. The lowest BCUT2D eigenvalue weighted by atomic mass is 9.94. The smallest absolute Gasteiger partial charge is 0.149 e. The topological polar surface area (TPSA) is 26.0 Å². The fourth-order valence-corrected chi connectivity index (χ4v) is 0.640. The van der Waals surface area contributed by atoms with Crippen LogP contribution in [-0.2, 0) is 5.41 Å². The fraction of sp³-hybridized carbons (Fsp3) is 0.571. The maximum atomic E-state index is 7.62. The summed E-state index contributed by atoms with van der Waals surface area (Å²) in [4.78, 5) is 0. The molecule has 0 amide bonds. The van der Waals surface area contributed by atoms with E-state index in [1.165, 1.54) is 0 Å². The van der Waals surface area contributed by atoms with Crippen molar-refractivity contribution in [2.24, 2.45) is 0 Å². The van der Waals surface area contributed by atoms with Crippen LogP contribution in [0.4, 0.5) is 0 Å². The van der Waals surface area contributed by atoms with Crippen molar-refractivity contribution in [3.05, 3.63) is 16.4 Å². The van der Waals surface area contributed by atoms with Crippen molar-refractivity contribution in [3.63, 3.8) is 0 Å². The molecule has 0 fully saturated rings. The lowest BCUT2D eigenvalue weighted by Crippen LogP contribution is -2.08. The van der Waals surface area contributed by atoms with Gasteiger partial charge in [-0.15, -0.1) is 0 Å². The first kappa shape index (κ1) is 1.89. The predicted octanol–water partition coefficient (Wildman–Crippen LogP) is 2.73. The van der Waals surface area contributed by atoms with Crippen molar-refractivity contribution in [3.8, 4) is 0 Å². The number of aromatic nitrogens is 1. The van der Waals surface area contributed by atoms with Gasteiger partial charge in [0, 0.05) is 23.8 Å². The number of halogens is 1. The number of hydrogen-bond donors (Lipinski definition) is 0. The van der Waals surface area contributed by atoms with Gasteiger partial charge >= 0.3 is 0 Å². The van der Waals surface area contributed by atoms with Crippen LogP contribution in [0.25, 0.3) is 0 Å². The first-order valence-corrected chi connectivity index (χ1v) is 3.09. The summed E-state index contributed by atoms with van der Waals surface area (Å²) >= 11 is 2.77. The first-order chi connectivity index (χ1) is 8.68. The van der Waals surface area contributed by atoms with E-state index >= 15 is 0 Å². The Hall–Kier alpha value is -0.310. The minimum absolute atomic E-state index is 0.269. The van der Waals surface area contributed by atoms with E-state index in [1.807, 2.05) is 0 Å². The zero-order chi connectivity index (χ0) is 16.1. The molecule has 10 heavy (non-hydrogen) atoms. The molecular formula is C7H10BrNO. The standard InChI is InChI=1S/C7H10BrNO/c1-7(2,3)5-4-6(8)9-10-5/h4H,1-3H3/i1D3,2D3,3D3,4D. The molecule has 0 atom stereocenters. The van der Waals surface area contributed by atoms with Crippen LogP contribution < -0.4 is 0 Å². The van der Waals surface area contributed by atoms with Crippen LogP contribution in [0.5, 0.6) is 0 Å². The summed E-state index contributed by atoms with van der Waals surface area (Å²) in [5.41, 5.74) is -3.33. The Balaban J connectivity index is 3.88. The van der Waals surface area contributed by atoms with Crippen molar-refractivity contribution in [2.45, 2.75) is 26.0 Å². The summed E-state index contributed by atoms with van der Waals surface area (Å²) in [6, 6.07) is -0.714. The molecule has 1 aromatic rings. The van der Waals surface area contributed by atoms with E-state index < -0.39 is 37.8 Å². The van der Waals surface area contributed by atoms with Crippen LogP contribution in [0.2, 0.25) is 0 Å². The third-order valence-corrected chi connectivity index (χ3v) is 1.12. The van der Waals surface area contributed by atoms with Gasteiger partial charge in [0.1, 0.15) is 10.4 Å². The molecule has 1 aromatic heterocycles. The molecule has 1 rings (SSSR count). The van der Waals surface area contributed by atoms with Gasteiger partial charge in [-0.1, -0.05) is 25.7 Å². The van der Waals surface area contributed by atoms with Gasteiger partial charge < -0.3 is 4.52 Å². The second-order valence-electron chi connectivity index (χ2n) is 1.68. The fourth-order valence-electron chi connectivity index (χ4n) is 0.387. The van der Waals surface area contributed by atoms with Crippen LogP contribution in [0.3, 0.4) is 0 Å². The van der Waals surface area contributed by atoms with Gasteiger partial charge in [-0.25, -0.2) is 0 Å². The van der Waals surface area contributed by atoms with Gasteiger partial charge in [0.05, 0.1) is 1.37 Å². The third-order valence-electron chi connectivity index (χ3n) is 0.774. The van der Waals surface area contributed by atoms with Crippen molar-refractivity contribution >= 4 is 15.9 Å². The van der Waals surface area contributed by atoms with Gasteiger partial charge in [-0.3, -0.25) is 0 Å². The molecule has 0 spiro atoms. The Labute approximate surface area is 82.8 Å². The number of rotatable bonds is 0. The highest BCUT2D eigenvalue weighted by atomic mass is 79.9. The highest BCUT2D eigenvalue weighted by Gasteiger charge is 2.18. The van der Waals surface area contributed by atoms with Gasteiger partial charge in [0.15, 0.2) is 0 Å². The summed E-state index contributed by atoms with van der Waals surface area (Å²) in [5.74, 6) is -1.01. The molecule has 3 heteroatoms. The highest BCUT2D eigenvalue weighted by molar-refractivity contribution is 9.10. The second-order valence-corrected chi connectivity index (χ2v) is 2.43. The minimum atomic E-state index is -3.46. The molecule has 0 aromatic carbocycles. The summed E-state index contributed by atoms with van der Waals surface area (Å²) in [6.07, 6.45) is 0. The molecule has 2 nitrogen and oxygen atoms in total. The van der Waals surface area contributed by atoms with Gasteiger partial charge in [0.2, 0.25) is 0 Å². The number of hydrogen-bond acceptors (Lipinski definition) is 2. The van der Waals surface area contributed by atoms with E-state index in [9.17, 15) is 0 Å². The Morgan fingerprint density at radius 1 is 1.80 bits per heavy atom. The summed E-state index contributed by atoms with van der Waals surface area (Å²) in [7, 11) is 0. The summed E-state index contributed by atoms with van der Waals surface area (Å²) < 4.78 is 78.7. The van der Waals surface area contributed by atoms with Gasteiger partial charge in [0.25, 0.3) is 0 Å². The van der Waals surface area contributed by atoms with E-state index in [0.29, 0.717) is 0 Å². The molecular weight excluding hydrogens is 194 g/mol. The molecule has 0 saturated carbocycles. The zero-order valence-corrected chi connectivity index (χ0v) is 6.32.